The van der Waals surface area contributed by atoms with Crippen LogP contribution >= 0.6 is 0 Å². The predicted molar refractivity (Wildman–Crippen MR) is 81.5 cm³/mol. The quantitative estimate of drug-likeness (QED) is 0.878. The first kappa shape index (κ1) is 16.1. The van der Waals surface area contributed by atoms with Crippen molar-refractivity contribution < 1.29 is 13.9 Å². The van der Waals surface area contributed by atoms with E-state index in [1.165, 1.54) is 17.9 Å². The molecule has 0 aliphatic carbocycles. The average Bonchev–Trinajstić information content (AvgIpc) is 2.78. The van der Waals surface area contributed by atoms with Crippen LogP contribution in [0.4, 0.5) is 10.1 Å². The van der Waals surface area contributed by atoms with Gasteiger partial charge in [0.05, 0.1) is 12.3 Å². The second-order valence-corrected chi connectivity index (χ2v) is 5.06. The zero-order valence-electron chi connectivity index (χ0n) is 12.8. The second-order valence-electron chi connectivity index (χ2n) is 5.06. The molecule has 7 heteroatoms. The van der Waals surface area contributed by atoms with Crippen LogP contribution in [0.3, 0.4) is 0 Å². The van der Waals surface area contributed by atoms with Crippen molar-refractivity contribution in [3.8, 4) is 5.69 Å². The highest BCUT2D eigenvalue weighted by molar-refractivity contribution is 5.94. The lowest BCUT2D eigenvalue weighted by Crippen LogP contribution is -2.39. The molecule has 0 saturated heterocycles. The molecule has 0 spiro atoms. The smallest absolute Gasteiger partial charge is 0.243 e. The number of halogens is 1. The van der Waals surface area contributed by atoms with Gasteiger partial charge in [0.1, 0.15) is 11.7 Å². The molecule has 0 aliphatic heterocycles. The fourth-order valence-corrected chi connectivity index (χ4v) is 2.12. The summed E-state index contributed by atoms with van der Waals surface area (Å²) in [6, 6.07) is 5.46. The fourth-order valence-electron chi connectivity index (χ4n) is 2.12. The van der Waals surface area contributed by atoms with Gasteiger partial charge in [-0.25, -0.2) is 9.07 Å². The Morgan fingerprint density at radius 3 is 2.73 bits per heavy atom. The van der Waals surface area contributed by atoms with E-state index in [9.17, 15) is 9.18 Å². The van der Waals surface area contributed by atoms with E-state index in [-0.39, 0.29) is 6.61 Å². The molecule has 1 unspecified atom stereocenters. The number of hydrogen-bond donors (Lipinski definition) is 2. The number of aromatic nitrogens is 2. The van der Waals surface area contributed by atoms with Crippen molar-refractivity contribution in [2.75, 3.05) is 19.0 Å². The number of benzene rings is 1. The number of aryl methyl sites for hydroxylation is 2. The van der Waals surface area contributed by atoms with Crippen molar-refractivity contribution in [2.24, 2.45) is 5.73 Å². The maximum atomic E-state index is 14.3. The molecule has 22 heavy (non-hydrogen) atoms. The third-order valence-corrected chi connectivity index (χ3v) is 3.14. The van der Waals surface area contributed by atoms with E-state index in [4.69, 9.17) is 10.5 Å². The van der Waals surface area contributed by atoms with Gasteiger partial charge in [0.15, 0.2) is 5.82 Å². The van der Waals surface area contributed by atoms with Gasteiger partial charge in [-0.15, -0.1) is 0 Å². The Kier molecular flexibility index (Phi) is 4.89. The Balaban J connectivity index is 2.20. The topological polar surface area (TPSA) is 82.2 Å². The zero-order valence-corrected chi connectivity index (χ0v) is 12.8. The highest BCUT2D eigenvalue weighted by atomic mass is 19.1. The minimum absolute atomic E-state index is 0.0954. The van der Waals surface area contributed by atoms with Crippen LogP contribution in [0.15, 0.2) is 24.3 Å². The maximum Gasteiger partial charge on any atom is 0.243 e. The number of nitrogens with two attached hydrogens (primary N) is 1. The van der Waals surface area contributed by atoms with Crippen LogP contribution in [0.5, 0.6) is 0 Å². The molecular formula is C15H19FN4O2. The molecule has 0 fully saturated rings. The molecular weight excluding hydrogens is 287 g/mol. The van der Waals surface area contributed by atoms with Gasteiger partial charge in [-0.3, -0.25) is 4.79 Å². The first-order chi connectivity index (χ1) is 10.4. The molecule has 1 amide bonds. The summed E-state index contributed by atoms with van der Waals surface area (Å²) in [7, 11) is 1.45. The van der Waals surface area contributed by atoms with Crippen molar-refractivity contribution in [1.29, 1.82) is 0 Å². The van der Waals surface area contributed by atoms with E-state index in [0.717, 1.165) is 11.4 Å². The number of amides is 1. The maximum absolute atomic E-state index is 14.3. The number of carbonyl (C=O) groups is 1. The minimum atomic E-state index is -0.802. The van der Waals surface area contributed by atoms with Crippen LogP contribution in [0.25, 0.3) is 5.69 Å². The molecule has 0 saturated carbocycles. The first-order valence-electron chi connectivity index (χ1n) is 6.81. The van der Waals surface area contributed by atoms with Crippen molar-refractivity contribution in [3.05, 3.63) is 41.5 Å². The van der Waals surface area contributed by atoms with Crippen molar-refractivity contribution in [2.45, 2.75) is 19.9 Å². The number of methoxy groups -OCH3 is 1. The third kappa shape index (κ3) is 3.49. The molecule has 0 aliphatic rings. The van der Waals surface area contributed by atoms with Gasteiger partial charge in [0.25, 0.3) is 0 Å². The summed E-state index contributed by atoms with van der Waals surface area (Å²) in [4.78, 5) is 11.8. The third-order valence-electron chi connectivity index (χ3n) is 3.14. The summed E-state index contributed by atoms with van der Waals surface area (Å²) in [5.41, 5.74) is 7.90. The SMILES string of the molecule is COCC(N)C(=O)Nc1ccc(-n2nc(C)cc2C)c(F)c1. The van der Waals surface area contributed by atoms with E-state index in [1.807, 2.05) is 19.9 Å². The van der Waals surface area contributed by atoms with E-state index >= 15 is 0 Å². The number of nitrogens with one attached hydrogen (secondary N) is 1. The lowest BCUT2D eigenvalue weighted by Gasteiger charge is -2.12. The molecule has 1 aromatic heterocycles. The van der Waals surface area contributed by atoms with Crippen molar-refractivity contribution in [3.63, 3.8) is 0 Å². The molecule has 0 bridgehead atoms. The monoisotopic (exact) mass is 306 g/mol. The summed E-state index contributed by atoms with van der Waals surface area (Å²) in [5.74, 6) is -0.913. The number of carbonyl (C=O) groups excluding carboxylic acids is 1. The summed E-state index contributed by atoms with van der Waals surface area (Å²) in [6.07, 6.45) is 0. The molecule has 1 heterocycles. The zero-order chi connectivity index (χ0) is 16.3. The Hall–Kier alpha value is -2.25. The van der Waals surface area contributed by atoms with Gasteiger partial charge >= 0.3 is 0 Å². The Labute approximate surface area is 128 Å². The molecule has 1 aromatic carbocycles. The molecule has 2 aromatic rings. The van der Waals surface area contributed by atoms with Crippen LogP contribution in [0.1, 0.15) is 11.4 Å². The Bertz CT molecular complexity index is 684. The minimum Gasteiger partial charge on any atom is -0.383 e. The first-order valence-corrected chi connectivity index (χ1v) is 6.81. The summed E-state index contributed by atoms with van der Waals surface area (Å²) < 4.78 is 20.6. The van der Waals surface area contributed by atoms with E-state index in [0.29, 0.717) is 11.4 Å². The molecule has 0 radical (unpaired) electrons. The number of anilines is 1. The number of rotatable bonds is 5. The summed E-state index contributed by atoms with van der Waals surface area (Å²) >= 11 is 0. The number of nitrogens with zero attached hydrogens (tertiary/aromatic N) is 2. The second kappa shape index (κ2) is 6.67. The van der Waals surface area contributed by atoms with Gasteiger partial charge in [-0.2, -0.15) is 5.10 Å². The molecule has 3 N–H and O–H groups in total. The van der Waals surface area contributed by atoms with Crippen molar-refractivity contribution in [1.82, 2.24) is 9.78 Å². The largest absolute Gasteiger partial charge is 0.383 e. The molecule has 6 nitrogen and oxygen atoms in total. The lowest BCUT2D eigenvalue weighted by molar-refractivity contribution is -0.118. The van der Waals surface area contributed by atoms with Gasteiger partial charge in [-0.05, 0) is 38.1 Å². The van der Waals surface area contributed by atoms with Gasteiger partial charge in [0.2, 0.25) is 5.91 Å². The van der Waals surface area contributed by atoms with Crippen molar-refractivity contribution >= 4 is 11.6 Å². The van der Waals surface area contributed by atoms with Crippen LogP contribution in [-0.4, -0.2) is 35.4 Å². The fraction of sp³-hybridized carbons (Fsp3) is 0.333. The van der Waals surface area contributed by atoms with E-state index in [2.05, 4.69) is 10.4 Å². The van der Waals surface area contributed by atoms with Gasteiger partial charge in [0, 0.05) is 18.5 Å². The molecule has 118 valence electrons. The predicted octanol–water partition coefficient (Wildman–Crippen LogP) is 1.54. The Morgan fingerprint density at radius 1 is 1.45 bits per heavy atom. The molecule has 1 atom stereocenters. The van der Waals surface area contributed by atoms with Crippen LogP contribution in [0, 0.1) is 19.7 Å². The number of ether oxygens (including phenoxy) is 1. The van der Waals surface area contributed by atoms with Gasteiger partial charge in [-0.1, -0.05) is 0 Å². The summed E-state index contributed by atoms with van der Waals surface area (Å²) in [6.45, 7) is 3.78. The highest BCUT2D eigenvalue weighted by Gasteiger charge is 2.15. The Morgan fingerprint density at radius 2 is 2.18 bits per heavy atom. The van der Waals surface area contributed by atoms with Crippen LogP contribution in [-0.2, 0) is 9.53 Å². The summed E-state index contributed by atoms with van der Waals surface area (Å²) in [5, 5.41) is 6.79. The van der Waals surface area contributed by atoms with Crippen LogP contribution in [0.2, 0.25) is 0 Å². The standard InChI is InChI=1S/C15H19FN4O2/c1-9-6-10(2)20(19-9)14-5-4-11(7-12(14)16)18-15(21)13(17)8-22-3/h4-7,13H,8,17H2,1-3H3,(H,18,21). The molecule has 2 rings (SSSR count). The lowest BCUT2D eigenvalue weighted by atomic mass is 10.2. The highest BCUT2D eigenvalue weighted by Crippen LogP contribution is 2.20. The van der Waals surface area contributed by atoms with E-state index in [1.54, 1.807) is 12.1 Å². The normalized spacial score (nSPS) is 12.2. The average molecular weight is 306 g/mol. The van der Waals surface area contributed by atoms with Gasteiger partial charge < -0.3 is 15.8 Å². The number of hydrogen-bond acceptors (Lipinski definition) is 4. The van der Waals surface area contributed by atoms with E-state index < -0.39 is 17.8 Å². The van der Waals surface area contributed by atoms with Crippen LogP contribution < -0.4 is 11.1 Å².